The first-order valence-electron chi connectivity index (χ1n) is 30.6. The maximum absolute atomic E-state index is 13.3. The second kappa shape index (κ2) is 49.7. The van der Waals surface area contributed by atoms with E-state index in [0.717, 1.165) is 42.4 Å². The molecule has 516 valence electrons. The lowest BCUT2D eigenvalue weighted by atomic mass is 9.76. The highest BCUT2D eigenvalue weighted by atomic mass is 32.2. The van der Waals surface area contributed by atoms with Gasteiger partial charge in [0.05, 0.1) is 183 Å². The Morgan fingerprint density at radius 2 is 0.944 bits per heavy atom. The van der Waals surface area contributed by atoms with E-state index in [1.807, 2.05) is 30.4 Å². The number of ether oxygens (including phenoxy) is 16. The van der Waals surface area contributed by atoms with E-state index in [1.165, 1.54) is 6.07 Å². The van der Waals surface area contributed by atoms with Gasteiger partial charge in [-0.1, -0.05) is 31.2 Å². The van der Waals surface area contributed by atoms with Crippen LogP contribution >= 0.6 is 0 Å². The molecule has 2 aromatic rings. The second-order valence-corrected chi connectivity index (χ2v) is 24.0. The molecule has 0 bridgehead atoms. The molecule has 0 aliphatic carbocycles. The van der Waals surface area contributed by atoms with E-state index >= 15 is 0 Å². The summed E-state index contributed by atoms with van der Waals surface area (Å²) >= 11 is 0. The molecule has 27 heteroatoms. The standard InChI is InChI=1S/C63H104N2O23S2/c1-62(19-26-78-38-43-86-50-47-82-34-31-71-3,57-53-55(89(67,68)74-6)14-16-59(57)64-21-28-80-40-45-88-52-49-84-36-33-73-5)18-11-9-8-10-13-61-63(2,20-27-79-39-44-87-51-48-83-35-32-72-4)58-54-56(90(69,70)75-7)15-17-60(58)65(61)22-29-81-41-46-85-42-37-77-25-12-24-76-30-23-66/h8-11,13-17,23,53-54,64H,12,18-22,24-52H2,1-7H3/b10-8+,11-9+,61-13+. The molecule has 0 spiro atoms. The Hall–Kier alpha value is -3.89. The van der Waals surface area contributed by atoms with Gasteiger partial charge in [0, 0.05) is 88.7 Å². The van der Waals surface area contributed by atoms with Gasteiger partial charge in [-0.25, -0.2) is 0 Å². The molecule has 90 heavy (non-hydrogen) atoms. The van der Waals surface area contributed by atoms with Crippen LogP contribution in [0.4, 0.5) is 11.4 Å². The average molecular weight is 1320 g/mol. The predicted molar refractivity (Wildman–Crippen MR) is 339 cm³/mol. The Morgan fingerprint density at radius 3 is 1.46 bits per heavy atom. The molecule has 1 heterocycles. The largest absolute Gasteiger partial charge is 0.382 e. The van der Waals surface area contributed by atoms with Crippen molar-refractivity contribution in [2.45, 2.75) is 60.2 Å². The van der Waals surface area contributed by atoms with E-state index in [2.05, 4.69) is 24.1 Å². The molecular formula is C63H104N2O23S2. The third-order valence-electron chi connectivity index (χ3n) is 14.1. The fourth-order valence-corrected chi connectivity index (χ4v) is 10.5. The van der Waals surface area contributed by atoms with E-state index in [9.17, 15) is 21.6 Å². The lowest BCUT2D eigenvalue weighted by Crippen LogP contribution is -2.32. The van der Waals surface area contributed by atoms with Gasteiger partial charge < -0.3 is 90.8 Å². The highest BCUT2D eigenvalue weighted by Crippen LogP contribution is 2.51. The third kappa shape index (κ3) is 32.3. The molecule has 0 fully saturated rings. The zero-order valence-electron chi connectivity index (χ0n) is 54.3. The predicted octanol–water partition coefficient (Wildman–Crippen LogP) is 5.71. The van der Waals surface area contributed by atoms with Crippen LogP contribution in [0.5, 0.6) is 0 Å². The monoisotopic (exact) mass is 1320 g/mol. The Kier molecular flexibility index (Phi) is 44.3. The van der Waals surface area contributed by atoms with Gasteiger partial charge in [0.2, 0.25) is 0 Å². The van der Waals surface area contributed by atoms with Crippen molar-refractivity contribution in [1.29, 1.82) is 0 Å². The molecule has 3 rings (SSSR count). The SMILES string of the molecule is COCCOCCOCCOCCNc1ccc(S(=O)(=O)OC)cc1C(C)(C/C=C/C=C/C=C1/N(CCOCCOCCOCCCOCC=O)c2ccc(S(=O)(=O)OC)cc2C1(C)CCOCCOCCOCCOC)CCOCCOCCOCCOC. The second-order valence-electron chi connectivity index (χ2n) is 20.6. The molecular weight excluding hydrogens is 1220 g/mol. The van der Waals surface area contributed by atoms with E-state index in [-0.39, 0.29) is 16.4 Å². The van der Waals surface area contributed by atoms with Crippen LogP contribution in [0, 0.1) is 0 Å². The van der Waals surface area contributed by atoms with Crippen molar-refractivity contribution in [2.75, 3.05) is 250 Å². The van der Waals surface area contributed by atoms with Gasteiger partial charge in [-0.3, -0.25) is 8.37 Å². The summed E-state index contributed by atoms with van der Waals surface area (Å²) in [5.74, 6) is 0. The molecule has 0 amide bonds. The molecule has 1 aliphatic heterocycles. The van der Waals surface area contributed by atoms with Crippen LogP contribution in [-0.4, -0.2) is 263 Å². The average Bonchev–Trinajstić information content (AvgIpc) is 1.69. The molecule has 0 saturated heterocycles. The number of fused-ring (bicyclic) bond motifs is 1. The van der Waals surface area contributed by atoms with E-state index in [0.29, 0.717) is 230 Å². The van der Waals surface area contributed by atoms with Gasteiger partial charge in [-0.2, -0.15) is 16.8 Å². The van der Waals surface area contributed by atoms with Gasteiger partial charge in [-0.15, -0.1) is 0 Å². The Morgan fingerprint density at radius 1 is 0.500 bits per heavy atom. The van der Waals surface area contributed by atoms with Crippen molar-refractivity contribution in [3.63, 3.8) is 0 Å². The zero-order valence-corrected chi connectivity index (χ0v) is 56.0. The lowest BCUT2D eigenvalue weighted by Gasteiger charge is -2.32. The van der Waals surface area contributed by atoms with Crippen LogP contribution in [0.1, 0.15) is 50.7 Å². The maximum atomic E-state index is 13.3. The molecule has 25 nitrogen and oxygen atoms in total. The first-order valence-corrected chi connectivity index (χ1v) is 33.5. The number of allylic oxidation sites excluding steroid dienone is 6. The maximum Gasteiger partial charge on any atom is 0.296 e. The summed E-state index contributed by atoms with van der Waals surface area (Å²) in [6.07, 6.45) is 12.7. The van der Waals surface area contributed by atoms with E-state index in [4.69, 9.17) is 84.2 Å². The van der Waals surface area contributed by atoms with Crippen LogP contribution in [-0.2, 0) is 120 Å². The minimum absolute atomic E-state index is 0.0103. The van der Waals surface area contributed by atoms with Crippen molar-refractivity contribution in [2.24, 2.45) is 0 Å². The number of benzene rings is 2. The normalized spacial score (nSPS) is 15.7. The van der Waals surface area contributed by atoms with Crippen molar-refractivity contribution >= 4 is 37.9 Å². The number of anilines is 2. The summed E-state index contributed by atoms with van der Waals surface area (Å²) in [6.45, 7) is 16.5. The fraction of sp³-hybridized carbons (Fsp3) is 0.698. The third-order valence-corrected chi connectivity index (χ3v) is 16.7. The molecule has 0 aromatic heterocycles. The summed E-state index contributed by atoms with van der Waals surface area (Å²) in [5.41, 5.74) is 2.46. The van der Waals surface area contributed by atoms with Gasteiger partial charge in [0.15, 0.2) is 0 Å². The van der Waals surface area contributed by atoms with Crippen LogP contribution in [0.25, 0.3) is 0 Å². The Balaban J connectivity index is 1.93. The molecule has 1 N–H and O–H groups in total. The van der Waals surface area contributed by atoms with Crippen LogP contribution < -0.4 is 10.2 Å². The van der Waals surface area contributed by atoms with E-state index < -0.39 is 31.1 Å². The minimum atomic E-state index is -4.08. The molecule has 2 aromatic carbocycles. The first-order chi connectivity index (χ1) is 43.8. The summed E-state index contributed by atoms with van der Waals surface area (Å²) in [6, 6.07) is 9.95. The number of nitrogens with one attached hydrogen (secondary N) is 1. The number of carbonyl (C=O) groups excluding carboxylic acids is 1. The number of methoxy groups -OCH3 is 3. The fourth-order valence-electron chi connectivity index (χ4n) is 9.16. The minimum Gasteiger partial charge on any atom is -0.382 e. The summed E-state index contributed by atoms with van der Waals surface area (Å²) < 4.78 is 152. The number of aldehydes is 1. The Labute approximate surface area is 535 Å². The molecule has 2 atom stereocenters. The van der Waals surface area contributed by atoms with Crippen molar-refractivity contribution in [3.05, 3.63) is 83.6 Å². The van der Waals surface area contributed by atoms with Crippen molar-refractivity contribution < 1.29 is 106 Å². The molecule has 0 saturated carbocycles. The highest BCUT2D eigenvalue weighted by molar-refractivity contribution is 7.87. The van der Waals surface area contributed by atoms with Crippen LogP contribution in [0.3, 0.4) is 0 Å². The number of hydrogen-bond donors (Lipinski definition) is 1. The lowest BCUT2D eigenvalue weighted by molar-refractivity contribution is -0.112. The smallest absolute Gasteiger partial charge is 0.296 e. The van der Waals surface area contributed by atoms with Gasteiger partial charge in [-0.05, 0) is 86.2 Å². The molecule has 1 aliphatic rings. The van der Waals surface area contributed by atoms with Gasteiger partial charge >= 0.3 is 0 Å². The Bertz CT molecular complexity index is 2510. The quantitative estimate of drug-likeness (QED) is 0.0359. The number of carbonyl (C=O) groups is 1. The van der Waals surface area contributed by atoms with Gasteiger partial charge in [0.1, 0.15) is 12.9 Å². The summed E-state index contributed by atoms with van der Waals surface area (Å²) in [4.78, 5) is 12.6. The summed E-state index contributed by atoms with van der Waals surface area (Å²) in [5, 5.41) is 3.49. The highest BCUT2D eigenvalue weighted by Gasteiger charge is 2.44. The zero-order chi connectivity index (χ0) is 65.3. The van der Waals surface area contributed by atoms with Crippen molar-refractivity contribution in [1.82, 2.24) is 0 Å². The number of rotatable bonds is 61. The van der Waals surface area contributed by atoms with Crippen LogP contribution in [0.15, 0.2) is 82.3 Å². The van der Waals surface area contributed by atoms with Gasteiger partial charge in [0.25, 0.3) is 20.2 Å². The number of nitrogens with zero attached hydrogens (tertiary/aromatic N) is 1. The summed E-state index contributed by atoms with van der Waals surface area (Å²) in [7, 11) is -1.01. The van der Waals surface area contributed by atoms with Crippen LogP contribution in [0.2, 0.25) is 0 Å². The number of hydrogen-bond acceptors (Lipinski definition) is 25. The van der Waals surface area contributed by atoms with E-state index in [1.54, 1.807) is 51.7 Å². The molecule has 2 unspecified atom stereocenters. The first kappa shape index (κ1) is 80.3. The molecule has 0 radical (unpaired) electrons. The topological polar surface area (TPSA) is 267 Å². The van der Waals surface area contributed by atoms with Crippen molar-refractivity contribution in [3.8, 4) is 0 Å².